The predicted molar refractivity (Wildman–Crippen MR) is 140 cm³/mol. The van der Waals surface area contributed by atoms with Crippen molar-refractivity contribution < 1.29 is 0 Å². The summed E-state index contributed by atoms with van der Waals surface area (Å²) in [5, 5.41) is 0. The molecule has 0 aliphatic rings. The monoisotopic (exact) mass is 436 g/mol. The van der Waals surface area contributed by atoms with E-state index in [2.05, 4.69) is 48.1 Å². The fourth-order valence-corrected chi connectivity index (χ4v) is 4.38. The summed E-state index contributed by atoms with van der Waals surface area (Å²) >= 11 is 0. The molecule has 2 nitrogen and oxygen atoms in total. The first-order chi connectivity index (χ1) is 15.8. The Morgan fingerprint density at radius 1 is 0.469 bits per heavy atom. The number of hydrogen-bond donors (Lipinski definition) is 0. The van der Waals surface area contributed by atoms with Gasteiger partial charge in [-0.05, 0) is 36.8 Å². The zero-order valence-corrected chi connectivity index (χ0v) is 21.1. The van der Waals surface area contributed by atoms with Gasteiger partial charge in [0, 0.05) is 18.0 Å². The minimum atomic E-state index is 0.850. The van der Waals surface area contributed by atoms with Crippen LogP contribution >= 0.6 is 0 Å². The van der Waals surface area contributed by atoms with Crippen LogP contribution in [0.5, 0.6) is 0 Å². The fraction of sp³-hybridized carbons (Fsp3) is 0.667. The van der Waals surface area contributed by atoms with Gasteiger partial charge >= 0.3 is 0 Å². The lowest BCUT2D eigenvalue weighted by atomic mass is 10.0. The summed E-state index contributed by atoms with van der Waals surface area (Å²) in [4.78, 5) is 9.27. The molecule has 0 atom stereocenters. The molecule has 0 amide bonds. The molecule has 0 saturated heterocycles. The first-order valence-corrected chi connectivity index (χ1v) is 13.7. The van der Waals surface area contributed by atoms with Crippen LogP contribution in [0, 0.1) is 0 Å². The van der Waals surface area contributed by atoms with E-state index in [4.69, 9.17) is 0 Å². The molecule has 0 radical (unpaired) electrons. The van der Waals surface area contributed by atoms with Gasteiger partial charge < -0.3 is 0 Å². The van der Waals surface area contributed by atoms with E-state index < -0.39 is 0 Å². The van der Waals surface area contributed by atoms with Crippen LogP contribution in [0.25, 0.3) is 11.4 Å². The molecule has 0 bridgehead atoms. The van der Waals surface area contributed by atoms with Crippen LogP contribution in [-0.4, -0.2) is 9.97 Å². The highest BCUT2D eigenvalue weighted by atomic mass is 14.9. The van der Waals surface area contributed by atoms with Crippen molar-refractivity contribution in [2.24, 2.45) is 0 Å². The minimum absolute atomic E-state index is 0.850. The van der Waals surface area contributed by atoms with E-state index in [0.29, 0.717) is 0 Å². The van der Waals surface area contributed by atoms with Crippen molar-refractivity contribution in [3.8, 4) is 11.4 Å². The lowest BCUT2D eigenvalue weighted by Crippen LogP contribution is -1.94. The summed E-state index contributed by atoms with van der Waals surface area (Å²) in [7, 11) is 0. The molecular weight excluding hydrogens is 388 g/mol. The summed E-state index contributed by atoms with van der Waals surface area (Å²) in [6, 6.07) is 8.89. The third kappa shape index (κ3) is 11.8. The molecule has 2 aromatic rings. The lowest BCUT2D eigenvalue weighted by molar-refractivity contribution is 0.575. The van der Waals surface area contributed by atoms with Gasteiger partial charge in [0.05, 0.1) is 0 Å². The third-order valence-corrected chi connectivity index (χ3v) is 6.56. The molecule has 0 aliphatic carbocycles. The maximum Gasteiger partial charge on any atom is 0.159 e. The molecule has 32 heavy (non-hydrogen) atoms. The number of benzene rings is 1. The molecule has 0 saturated carbocycles. The van der Waals surface area contributed by atoms with Gasteiger partial charge in [-0.15, -0.1) is 0 Å². The van der Waals surface area contributed by atoms with Crippen LogP contribution in [0.2, 0.25) is 0 Å². The van der Waals surface area contributed by atoms with Gasteiger partial charge in [0.1, 0.15) is 0 Å². The van der Waals surface area contributed by atoms with E-state index in [1.54, 1.807) is 0 Å². The maximum atomic E-state index is 4.63. The number of aryl methyl sites for hydroxylation is 2. The highest BCUT2D eigenvalue weighted by Gasteiger charge is 2.03. The third-order valence-electron chi connectivity index (χ3n) is 6.56. The molecule has 1 heterocycles. The van der Waals surface area contributed by atoms with Crippen LogP contribution in [0.15, 0.2) is 36.7 Å². The second-order valence-electron chi connectivity index (χ2n) is 9.56. The van der Waals surface area contributed by atoms with Gasteiger partial charge in [-0.2, -0.15) is 0 Å². The largest absolute Gasteiger partial charge is 0.236 e. The van der Waals surface area contributed by atoms with Crippen LogP contribution < -0.4 is 0 Å². The number of unbranched alkanes of at least 4 members (excludes halogenated alkanes) is 14. The van der Waals surface area contributed by atoms with Crippen molar-refractivity contribution in [2.45, 2.75) is 129 Å². The SMILES string of the molecule is CCCCCCCCCCc1ccc(-c2ncc(CCCCCCCCCC)cn2)cc1. The number of rotatable bonds is 19. The van der Waals surface area contributed by atoms with Crippen molar-refractivity contribution >= 4 is 0 Å². The lowest BCUT2D eigenvalue weighted by Gasteiger charge is -2.06. The number of aromatic nitrogens is 2. The van der Waals surface area contributed by atoms with E-state index in [9.17, 15) is 0 Å². The van der Waals surface area contributed by atoms with Crippen molar-refractivity contribution in [2.75, 3.05) is 0 Å². The van der Waals surface area contributed by atoms with Crippen LogP contribution in [0.4, 0.5) is 0 Å². The van der Waals surface area contributed by atoms with E-state index in [-0.39, 0.29) is 0 Å². The summed E-state index contributed by atoms with van der Waals surface area (Å²) < 4.78 is 0. The van der Waals surface area contributed by atoms with Crippen LogP contribution in [0.1, 0.15) is 128 Å². The van der Waals surface area contributed by atoms with Gasteiger partial charge in [0.2, 0.25) is 0 Å². The molecule has 0 N–H and O–H groups in total. The Kier molecular flexibility index (Phi) is 14.8. The number of nitrogens with zero attached hydrogens (tertiary/aromatic N) is 2. The van der Waals surface area contributed by atoms with Gasteiger partial charge in [-0.25, -0.2) is 9.97 Å². The molecule has 0 unspecified atom stereocenters. The Balaban J connectivity index is 1.61. The van der Waals surface area contributed by atoms with Gasteiger partial charge in [0.25, 0.3) is 0 Å². The van der Waals surface area contributed by atoms with Gasteiger partial charge in [0.15, 0.2) is 5.82 Å². The first kappa shape index (κ1) is 26.6. The van der Waals surface area contributed by atoms with E-state index in [1.807, 2.05) is 12.4 Å². The van der Waals surface area contributed by atoms with Crippen molar-refractivity contribution in [1.29, 1.82) is 0 Å². The van der Waals surface area contributed by atoms with Crippen molar-refractivity contribution in [3.63, 3.8) is 0 Å². The van der Waals surface area contributed by atoms with Gasteiger partial charge in [-0.3, -0.25) is 0 Å². The Labute approximate surface area is 198 Å². The highest BCUT2D eigenvalue weighted by Crippen LogP contribution is 2.18. The zero-order valence-electron chi connectivity index (χ0n) is 21.1. The van der Waals surface area contributed by atoms with E-state index in [0.717, 1.165) is 17.8 Å². The van der Waals surface area contributed by atoms with E-state index >= 15 is 0 Å². The molecule has 1 aromatic heterocycles. The average Bonchev–Trinajstić information content (AvgIpc) is 2.83. The molecule has 0 aliphatic heterocycles. The maximum absolute atomic E-state index is 4.63. The molecule has 0 fully saturated rings. The molecule has 1 aromatic carbocycles. The van der Waals surface area contributed by atoms with Crippen LogP contribution in [0.3, 0.4) is 0 Å². The van der Waals surface area contributed by atoms with E-state index in [1.165, 1.54) is 120 Å². The molecule has 2 rings (SSSR count). The Morgan fingerprint density at radius 2 is 0.875 bits per heavy atom. The molecular formula is C30H48N2. The normalized spacial score (nSPS) is 11.2. The van der Waals surface area contributed by atoms with Crippen molar-refractivity contribution in [3.05, 3.63) is 47.8 Å². The molecule has 0 spiro atoms. The Hall–Kier alpha value is -1.70. The predicted octanol–water partition coefficient (Wildman–Crippen LogP) is 9.51. The summed E-state index contributed by atoms with van der Waals surface area (Å²) in [6.07, 6.45) is 28.3. The topological polar surface area (TPSA) is 25.8 Å². The second kappa shape index (κ2) is 17.8. The van der Waals surface area contributed by atoms with Gasteiger partial charge in [-0.1, -0.05) is 128 Å². The highest BCUT2D eigenvalue weighted by molar-refractivity contribution is 5.55. The van der Waals surface area contributed by atoms with Crippen LogP contribution in [-0.2, 0) is 12.8 Å². The first-order valence-electron chi connectivity index (χ1n) is 13.7. The molecule has 2 heteroatoms. The smallest absolute Gasteiger partial charge is 0.159 e. The summed E-state index contributed by atoms with van der Waals surface area (Å²) in [6.45, 7) is 4.56. The average molecular weight is 437 g/mol. The second-order valence-corrected chi connectivity index (χ2v) is 9.56. The number of hydrogen-bond acceptors (Lipinski definition) is 2. The molecule has 178 valence electrons. The summed E-state index contributed by atoms with van der Waals surface area (Å²) in [5.74, 6) is 0.850. The fourth-order valence-electron chi connectivity index (χ4n) is 4.38. The zero-order chi connectivity index (χ0) is 22.7. The Bertz CT molecular complexity index is 613. The quantitative estimate of drug-likeness (QED) is 0.205. The van der Waals surface area contributed by atoms with Crippen molar-refractivity contribution in [1.82, 2.24) is 9.97 Å². The Morgan fingerprint density at radius 3 is 1.34 bits per heavy atom. The standard InChI is InChI=1S/C30H48N2/c1-3-5-7-9-11-13-15-17-19-27-21-23-29(24-22-27)30-31-25-28(26-32-30)20-18-16-14-12-10-8-6-4-2/h21-26H,3-20H2,1-2H3. The minimum Gasteiger partial charge on any atom is -0.236 e. The summed E-state index contributed by atoms with van der Waals surface area (Å²) in [5.41, 5.74) is 3.83.